The van der Waals surface area contributed by atoms with Gasteiger partial charge in [-0.15, -0.1) is 0 Å². The van der Waals surface area contributed by atoms with Gasteiger partial charge in [0.1, 0.15) is 11.6 Å². The number of hydrogen-bond acceptors (Lipinski definition) is 3. The van der Waals surface area contributed by atoms with Crippen molar-refractivity contribution in [1.82, 2.24) is 19.5 Å². The molecule has 6 rings (SSSR count). The molecular formula is C33H30N4O. The average molecular weight is 499 g/mol. The van der Waals surface area contributed by atoms with E-state index in [1.54, 1.807) is 6.92 Å². The molecule has 2 aromatic heterocycles. The van der Waals surface area contributed by atoms with Gasteiger partial charge >= 0.3 is 0 Å². The lowest BCUT2D eigenvalue weighted by molar-refractivity contribution is 0.101. The summed E-state index contributed by atoms with van der Waals surface area (Å²) in [5, 5.41) is 0. The van der Waals surface area contributed by atoms with Crippen molar-refractivity contribution in [1.29, 1.82) is 0 Å². The summed E-state index contributed by atoms with van der Waals surface area (Å²) < 4.78 is 2.34. The van der Waals surface area contributed by atoms with Gasteiger partial charge < -0.3 is 9.55 Å². The summed E-state index contributed by atoms with van der Waals surface area (Å²) in [7, 11) is 0. The number of imidazole rings is 2. The predicted molar refractivity (Wildman–Crippen MR) is 155 cm³/mol. The topological polar surface area (TPSA) is 63.6 Å². The van der Waals surface area contributed by atoms with Crippen LogP contribution in [0.1, 0.15) is 47.6 Å². The van der Waals surface area contributed by atoms with Crippen molar-refractivity contribution in [2.24, 2.45) is 0 Å². The Bertz CT molecular complexity index is 1760. The summed E-state index contributed by atoms with van der Waals surface area (Å²) in [6, 6.07) is 28.8. The number of Topliss-reactive ketones (excluding diaryl/α,β-unsaturated/α-hetero) is 1. The third-order valence-corrected chi connectivity index (χ3v) is 7.17. The maximum absolute atomic E-state index is 12.1. The fraction of sp³-hybridized carbons (Fsp3) is 0.182. The summed E-state index contributed by atoms with van der Waals surface area (Å²) in [6.07, 6.45) is 1.94. The van der Waals surface area contributed by atoms with Crippen LogP contribution in [0.15, 0.2) is 84.9 Å². The molecule has 0 aliphatic rings. The molecule has 0 fully saturated rings. The Hall–Kier alpha value is -4.51. The molecule has 5 nitrogen and oxygen atoms in total. The molecule has 0 radical (unpaired) electrons. The number of carbonyl (C=O) groups excluding carboxylic acids is 1. The number of para-hydroxylation sites is 2. The summed E-state index contributed by atoms with van der Waals surface area (Å²) in [5.74, 6) is 2.04. The maximum atomic E-state index is 12.1. The SMILES string of the molecule is CCCc1nc2c(C)cc(-c3nc4ccccc4[nH]3)cc2n1Cc1ccc(-c2ccccc2C(C)=O)cc1. The zero-order chi connectivity index (χ0) is 26.2. The highest BCUT2D eigenvalue weighted by molar-refractivity contribution is 6.00. The molecule has 188 valence electrons. The molecule has 2 heterocycles. The smallest absolute Gasteiger partial charge is 0.160 e. The van der Waals surface area contributed by atoms with Crippen molar-refractivity contribution < 1.29 is 4.79 Å². The Balaban J connectivity index is 1.40. The van der Waals surface area contributed by atoms with Crippen molar-refractivity contribution in [2.75, 3.05) is 0 Å². The number of rotatable bonds is 7. The van der Waals surface area contributed by atoms with Crippen molar-refractivity contribution in [2.45, 2.75) is 40.2 Å². The average Bonchev–Trinajstić information content (AvgIpc) is 3.51. The minimum Gasteiger partial charge on any atom is -0.338 e. The minimum absolute atomic E-state index is 0.0781. The highest BCUT2D eigenvalue weighted by atomic mass is 16.1. The third kappa shape index (κ3) is 4.30. The van der Waals surface area contributed by atoms with E-state index in [2.05, 4.69) is 65.9 Å². The molecule has 0 saturated heterocycles. The molecular weight excluding hydrogens is 468 g/mol. The molecule has 6 aromatic rings. The monoisotopic (exact) mass is 498 g/mol. The second kappa shape index (κ2) is 9.75. The van der Waals surface area contributed by atoms with E-state index < -0.39 is 0 Å². The summed E-state index contributed by atoms with van der Waals surface area (Å²) in [4.78, 5) is 25.5. The molecule has 0 aliphatic carbocycles. The number of H-pyrrole nitrogens is 1. The number of ketones is 1. The first kappa shape index (κ1) is 23.9. The molecule has 0 bridgehead atoms. The van der Waals surface area contributed by atoms with Crippen LogP contribution in [-0.2, 0) is 13.0 Å². The molecule has 5 heteroatoms. The first-order valence-electron chi connectivity index (χ1n) is 13.2. The van der Waals surface area contributed by atoms with Crippen LogP contribution in [0.25, 0.3) is 44.6 Å². The van der Waals surface area contributed by atoms with Crippen LogP contribution in [0.4, 0.5) is 0 Å². The molecule has 0 amide bonds. The number of aromatic amines is 1. The van der Waals surface area contributed by atoms with Crippen molar-refractivity contribution >= 4 is 27.9 Å². The second-order valence-electron chi connectivity index (χ2n) is 9.93. The Kier molecular flexibility index (Phi) is 6.12. The first-order chi connectivity index (χ1) is 18.5. The number of aryl methyl sites for hydroxylation is 2. The number of nitrogens with zero attached hydrogens (tertiary/aromatic N) is 3. The lowest BCUT2D eigenvalue weighted by Crippen LogP contribution is -2.05. The van der Waals surface area contributed by atoms with Gasteiger partial charge in [0.05, 0.1) is 22.1 Å². The molecule has 0 unspecified atom stereocenters. The number of nitrogens with one attached hydrogen (secondary N) is 1. The lowest BCUT2D eigenvalue weighted by Gasteiger charge is -2.12. The van der Waals surface area contributed by atoms with Gasteiger partial charge in [0.2, 0.25) is 0 Å². The summed E-state index contributed by atoms with van der Waals surface area (Å²) in [6.45, 7) is 6.66. The normalized spacial score (nSPS) is 11.4. The first-order valence-corrected chi connectivity index (χ1v) is 13.2. The van der Waals surface area contributed by atoms with E-state index in [1.807, 2.05) is 42.5 Å². The Morgan fingerprint density at radius 2 is 1.66 bits per heavy atom. The molecule has 0 saturated carbocycles. The van der Waals surface area contributed by atoms with Gasteiger partial charge in [-0.05, 0) is 66.8 Å². The molecule has 1 N–H and O–H groups in total. The molecule has 38 heavy (non-hydrogen) atoms. The number of benzene rings is 4. The van der Waals surface area contributed by atoms with Gasteiger partial charge in [0.15, 0.2) is 5.78 Å². The van der Waals surface area contributed by atoms with Gasteiger partial charge in [0, 0.05) is 24.1 Å². The van der Waals surface area contributed by atoms with Gasteiger partial charge in [-0.1, -0.05) is 67.6 Å². The fourth-order valence-electron chi connectivity index (χ4n) is 5.27. The highest BCUT2D eigenvalue weighted by Gasteiger charge is 2.16. The van der Waals surface area contributed by atoms with E-state index in [1.165, 1.54) is 5.56 Å². The number of fused-ring (bicyclic) bond motifs is 2. The fourth-order valence-corrected chi connectivity index (χ4v) is 5.27. The molecule has 0 spiro atoms. The Morgan fingerprint density at radius 1 is 0.895 bits per heavy atom. The van der Waals surface area contributed by atoms with E-state index in [-0.39, 0.29) is 5.78 Å². The van der Waals surface area contributed by atoms with Gasteiger partial charge in [-0.25, -0.2) is 9.97 Å². The maximum Gasteiger partial charge on any atom is 0.160 e. The van der Waals surface area contributed by atoms with Gasteiger partial charge in [-0.3, -0.25) is 4.79 Å². The van der Waals surface area contributed by atoms with Crippen LogP contribution in [0.2, 0.25) is 0 Å². The second-order valence-corrected chi connectivity index (χ2v) is 9.93. The van der Waals surface area contributed by atoms with Crippen LogP contribution >= 0.6 is 0 Å². The van der Waals surface area contributed by atoms with Gasteiger partial charge in [-0.2, -0.15) is 0 Å². The largest absolute Gasteiger partial charge is 0.338 e. The number of hydrogen-bond donors (Lipinski definition) is 1. The number of aromatic nitrogens is 4. The van der Waals surface area contributed by atoms with Crippen molar-refractivity contribution in [3.05, 3.63) is 107 Å². The summed E-state index contributed by atoms with van der Waals surface area (Å²) >= 11 is 0. The van der Waals surface area contributed by atoms with E-state index in [0.29, 0.717) is 0 Å². The molecule has 0 aliphatic heterocycles. The molecule has 0 atom stereocenters. The highest BCUT2D eigenvalue weighted by Crippen LogP contribution is 2.30. The zero-order valence-corrected chi connectivity index (χ0v) is 22.0. The van der Waals surface area contributed by atoms with E-state index in [0.717, 1.165) is 80.9 Å². The standard InChI is InChI=1S/C33H30N4O/c1-4-9-31-36-32-21(2)18-25(33-34-28-12-7-8-13-29(28)35-33)19-30(32)37(31)20-23-14-16-24(17-15-23)27-11-6-5-10-26(27)22(3)38/h5-8,10-19H,4,9,20H2,1-3H3,(H,34,35). The predicted octanol–water partition coefficient (Wildman–Crippen LogP) is 7.76. The summed E-state index contributed by atoms with van der Waals surface area (Å²) in [5.41, 5.74) is 10.3. The van der Waals surface area contributed by atoms with Crippen LogP contribution in [0, 0.1) is 6.92 Å². The van der Waals surface area contributed by atoms with Crippen molar-refractivity contribution in [3.63, 3.8) is 0 Å². The lowest BCUT2D eigenvalue weighted by atomic mass is 9.97. The van der Waals surface area contributed by atoms with E-state index >= 15 is 0 Å². The Labute approximate surface area is 222 Å². The third-order valence-electron chi connectivity index (χ3n) is 7.17. The minimum atomic E-state index is 0.0781. The van der Waals surface area contributed by atoms with Gasteiger partial charge in [0.25, 0.3) is 0 Å². The van der Waals surface area contributed by atoms with E-state index in [9.17, 15) is 4.79 Å². The Morgan fingerprint density at radius 3 is 2.42 bits per heavy atom. The van der Waals surface area contributed by atoms with E-state index in [4.69, 9.17) is 9.97 Å². The quantitative estimate of drug-likeness (QED) is 0.229. The zero-order valence-electron chi connectivity index (χ0n) is 22.0. The molecule has 4 aromatic carbocycles. The number of carbonyl (C=O) groups is 1. The van der Waals surface area contributed by atoms with Crippen LogP contribution < -0.4 is 0 Å². The van der Waals surface area contributed by atoms with Crippen LogP contribution in [0.3, 0.4) is 0 Å². The van der Waals surface area contributed by atoms with Crippen LogP contribution in [-0.4, -0.2) is 25.3 Å². The van der Waals surface area contributed by atoms with Crippen molar-refractivity contribution in [3.8, 4) is 22.5 Å². The van der Waals surface area contributed by atoms with Crippen LogP contribution in [0.5, 0.6) is 0 Å².